The van der Waals surface area contributed by atoms with Crippen molar-refractivity contribution in [1.82, 2.24) is 5.32 Å². The molecule has 1 N–H and O–H groups in total. The van der Waals surface area contributed by atoms with Crippen molar-refractivity contribution in [1.29, 1.82) is 0 Å². The summed E-state index contributed by atoms with van der Waals surface area (Å²) in [6, 6.07) is 0. The Labute approximate surface area is 71.6 Å². The van der Waals surface area contributed by atoms with Gasteiger partial charge in [-0.05, 0) is 0 Å². The molecule has 0 aromatic rings. The van der Waals surface area contributed by atoms with Gasteiger partial charge in [0.1, 0.15) is 0 Å². The largest absolute Gasteiger partial charge is 0.355 e. The molecule has 0 aromatic carbocycles. The molecule has 2 nitrogen and oxygen atoms in total. The van der Waals surface area contributed by atoms with Crippen LogP contribution in [0.25, 0.3) is 0 Å². The molecule has 0 unspecified atom stereocenters. The molecule has 0 saturated heterocycles. The van der Waals surface area contributed by atoms with Crippen LogP contribution < -0.4 is 5.32 Å². The van der Waals surface area contributed by atoms with Crippen molar-refractivity contribution < 1.29 is 4.79 Å². The predicted molar refractivity (Wildman–Crippen MR) is 45.2 cm³/mol. The molecule has 0 radical (unpaired) electrons. The SMILES string of the molecule is O=C(CCBr)NCCBr. The Balaban J connectivity index is 3.06. The summed E-state index contributed by atoms with van der Waals surface area (Å²) in [4.78, 5) is 10.6. The normalized spacial score (nSPS) is 9.11. The molecule has 0 fully saturated rings. The minimum Gasteiger partial charge on any atom is -0.355 e. The van der Waals surface area contributed by atoms with Crippen LogP contribution in [0.5, 0.6) is 0 Å². The molecule has 0 saturated carbocycles. The Morgan fingerprint density at radius 2 is 2.00 bits per heavy atom. The van der Waals surface area contributed by atoms with Crippen LogP contribution in [0.4, 0.5) is 0 Å². The van der Waals surface area contributed by atoms with Gasteiger partial charge in [-0.1, -0.05) is 31.9 Å². The van der Waals surface area contributed by atoms with Crippen molar-refractivity contribution in [2.24, 2.45) is 0 Å². The van der Waals surface area contributed by atoms with E-state index in [0.717, 1.165) is 10.7 Å². The lowest BCUT2D eigenvalue weighted by atomic mass is 10.4. The first-order chi connectivity index (χ1) is 4.31. The third-order valence-electron chi connectivity index (χ3n) is 0.738. The van der Waals surface area contributed by atoms with Gasteiger partial charge in [-0.3, -0.25) is 4.79 Å². The maximum Gasteiger partial charge on any atom is 0.220 e. The lowest BCUT2D eigenvalue weighted by Crippen LogP contribution is -2.24. The first-order valence-corrected chi connectivity index (χ1v) is 4.94. The zero-order valence-corrected chi connectivity index (χ0v) is 8.16. The van der Waals surface area contributed by atoms with E-state index < -0.39 is 0 Å². The van der Waals surface area contributed by atoms with Crippen molar-refractivity contribution in [3.05, 3.63) is 0 Å². The molecule has 0 aliphatic carbocycles. The molecule has 1 amide bonds. The van der Waals surface area contributed by atoms with Crippen molar-refractivity contribution in [2.45, 2.75) is 6.42 Å². The van der Waals surface area contributed by atoms with Gasteiger partial charge in [0.25, 0.3) is 0 Å². The minimum atomic E-state index is 0.103. The molecule has 0 rings (SSSR count). The summed E-state index contributed by atoms with van der Waals surface area (Å²) >= 11 is 6.37. The molecule has 0 bridgehead atoms. The van der Waals surface area contributed by atoms with E-state index in [1.54, 1.807) is 0 Å². The average molecular weight is 259 g/mol. The van der Waals surface area contributed by atoms with Crippen molar-refractivity contribution in [3.63, 3.8) is 0 Å². The van der Waals surface area contributed by atoms with Crippen LogP contribution in [-0.2, 0) is 4.79 Å². The van der Waals surface area contributed by atoms with E-state index in [4.69, 9.17) is 0 Å². The van der Waals surface area contributed by atoms with E-state index in [0.29, 0.717) is 13.0 Å². The number of carbonyl (C=O) groups is 1. The molecule has 54 valence electrons. The van der Waals surface area contributed by atoms with Gasteiger partial charge in [0.05, 0.1) is 0 Å². The summed E-state index contributed by atoms with van der Waals surface area (Å²) < 4.78 is 0. The highest BCUT2D eigenvalue weighted by Gasteiger charge is 1.95. The van der Waals surface area contributed by atoms with Crippen LogP contribution in [0.2, 0.25) is 0 Å². The number of amides is 1. The Kier molecular flexibility index (Phi) is 6.86. The first kappa shape index (κ1) is 9.43. The van der Waals surface area contributed by atoms with Gasteiger partial charge in [-0.25, -0.2) is 0 Å². The average Bonchev–Trinajstić information content (AvgIpc) is 1.85. The van der Waals surface area contributed by atoms with Gasteiger partial charge in [-0.2, -0.15) is 0 Å². The van der Waals surface area contributed by atoms with Crippen LogP contribution in [0.3, 0.4) is 0 Å². The van der Waals surface area contributed by atoms with Gasteiger partial charge in [-0.15, -0.1) is 0 Å². The molecule has 0 atom stereocenters. The van der Waals surface area contributed by atoms with E-state index in [1.807, 2.05) is 0 Å². The van der Waals surface area contributed by atoms with Crippen molar-refractivity contribution in [2.75, 3.05) is 17.2 Å². The number of carbonyl (C=O) groups excluding carboxylic acids is 1. The van der Waals surface area contributed by atoms with E-state index in [9.17, 15) is 4.79 Å². The van der Waals surface area contributed by atoms with Crippen LogP contribution in [0, 0.1) is 0 Å². The summed E-state index contributed by atoms with van der Waals surface area (Å²) in [5, 5.41) is 4.28. The predicted octanol–water partition coefficient (Wildman–Crippen LogP) is 1.28. The Morgan fingerprint density at radius 3 is 2.44 bits per heavy atom. The van der Waals surface area contributed by atoms with Crippen molar-refractivity contribution in [3.8, 4) is 0 Å². The number of halogens is 2. The highest BCUT2D eigenvalue weighted by atomic mass is 79.9. The van der Waals surface area contributed by atoms with Crippen LogP contribution in [-0.4, -0.2) is 23.1 Å². The maximum absolute atomic E-state index is 10.6. The molecule has 0 aromatic heterocycles. The zero-order valence-electron chi connectivity index (χ0n) is 4.99. The lowest BCUT2D eigenvalue weighted by molar-refractivity contribution is -0.120. The first-order valence-electron chi connectivity index (χ1n) is 2.70. The molecule has 0 aliphatic rings. The second-order valence-electron chi connectivity index (χ2n) is 1.48. The van der Waals surface area contributed by atoms with E-state index in [-0.39, 0.29) is 5.91 Å². The second kappa shape index (κ2) is 6.55. The quantitative estimate of drug-likeness (QED) is 0.757. The standard InChI is InChI=1S/C5H9Br2NO/c6-2-1-5(9)8-4-3-7/h1-4H2,(H,8,9). The second-order valence-corrected chi connectivity index (χ2v) is 3.06. The van der Waals surface area contributed by atoms with E-state index in [1.165, 1.54) is 0 Å². The fraction of sp³-hybridized carbons (Fsp3) is 0.800. The molecule has 4 heteroatoms. The summed E-state index contributed by atoms with van der Waals surface area (Å²) in [5.74, 6) is 0.103. The fourth-order valence-corrected chi connectivity index (χ4v) is 0.919. The van der Waals surface area contributed by atoms with Gasteiger partial charge in [0.15, 0.2) is 0 Å². The smallest absolute Gasteiger partial charge is 0.220 e. The van der Waals surface area contributed by atoms with Gasteiger partial charge in [0, 0.05) is 23.6 Å². The number of hydrogen-bond acceptors (Lipinski definition) is 1. The molecule has 0 spiro atoms. The summed E-state index contributed by atoms with van der Waals surface area (Å²) in [5.41, 5.74) is 0. The summed E-state index contributed by atoms with van der Waals surface area (Å²) in [6.45, 7) is 0.714. The van der Waals surface area contributed by atoms with Gasteiger partial charge < -0.3 is 5.32 Å². The third kappa shape index (κ3) is 6.31. The van der Waals surface area contributed by atoms with Crippen LogP contribution >= 0.6 is 31.9 Å². The molecular weight excluding hydrogens is 250 g/mol. The lowest BCUT2D eigenvalue weighted by Gasteiger charge is -1.98. The van der Waals surface area contributed by atoms with Crippen LogP contribution in [0.1, 0.15) is 6.42 Å². The number of rotatable bonds is 4. The topological polar surface area (TPSA) is 29.1 Å². The zero-order chi connectivity index (χ0) is 7.11. The highest BCUT2D eigenvalue weighted by Crippen LogP contribution is 1.86. The molecular formula is C5H9Br2NO. The number of nitrogens with one attached hydrogen (secondary N) is 1. The Morgan fingerprint density at radius 1 is 1.33 bits per heavy atom. The maximum atomic E-state index is 10.6. The minimum absolute atomic E-state index is 0.103. The summed E-state index contributed by atoms with van der Waals surface area (Å²) in [7, 11) is 0. The molecule has 0 aliphatic heterocycles. The number of alkyl halides is 2. The van der Waals surface area contributed by atoms with Gasteiger partial charge in [0.2, 0.25) is 5.91 Å². The third-order valence-corrected chi connectivity index (χ3v) is 1.53. The van der Waals surface area contributed by atoms with E-state index >= 15 is 0 Å². The van der Waals surface area contributed by atoms with Crippen molar-refractivity contribution >= 4 is 37.8 Å². The fourth-order valence-electron chi connectivity index (χ4n) is 0.361. The molecule has 9 heavy (non-hydrogen) atoms. The van der Waals surface area contributed by atoms with E-state index in [2.05, 4.69) is 37.2 Å². The van der Waals surface area contributed by atoms with Crippen LogP contribution in [0.15, 0.2) is 0 Å². The Hall–Kier alpha value is 0.430. The monoisotopic (exact) mass is 257 g/mol. The summed E-state index contributed by atoms with van der Waals surface area (Å²) in [6.07, 6.45) is 0.562. The number of hydrogen-bond donors (Lipinski definition) is 1. The molecule has 0 heterocycles. The highest BCUT2D eigenvalue weighted by molar-refractivity contribution is 9.09. The van der Waals surface area contributed by atoms with Gasteiger partial charge >= 0.3 is 0 Å². The Bertz CT molecular complexity index is 87.0.